The molecule has 3 saturated heterocycles. The predicted molar refractivity (Wildman–Crippen MR) is 207 cm³/mol. The first kappa shape index (κ1) is 34.9. The maximum Gasteiger partial charge on any atom is 0.300 e. The van der Waals surface area contributed by atoms with E-state index in [1.165, 1.54) is 51.9 Å². The lowest BCUT2D eigenvalue weighted by atomic mass is 9.69. The summed E-state index contributed by atoms with van der Waals surface area (Å²) in [5, 5.41) is 3.79. The van der Waals surface area contributed by atoms with Crippen LogP contribution in [-0.4, -0.2) is 65.4 Å². The number of likely N-dealkylation sites (tertiary alicyclic amines) is 1. The monoisotopic (exact) mass is 726 g/mol. The van der Waals surface area contributed by atoms with Crippen molar-refractivity contribution in [1.29, 1.82) is 0 Å². The van der Waals surface area contributed by atoms with Crippen molar-refractivity contribution in [2.75, 3.05) is 37.6 Å². The van der Waals surface area contributed by atoms with Crippen LogP contribution in [0.15, 0.2) is 91.0 Å². The number of imide groups is 1. The Morgan fingerprint density at radius 3 is 2.24 bits per heavy atom. The van der Waals surface area contributed by atoms with Crippen LogP contribution in [0.1, 0.15) is 96.1 Å². The highest BCUT2D eigenvalue weighted by Crippen LogP contribution is 2.47. The second-order valence-electron chi connectivity index (χ2n) is 16.2. The summed E-state index contributed by atoms with van der Waals surface area (Å²) >= 11 is 0. The first-order chi connectivity index (χ1) is 26.4. The van der Waals surface area contributed by atoms with Crippen LogP contribution in [0.4, 0.5) is 15.8 Å². The smallest absolute Gasteiger partial charge is 0.300 e. The number of nitroso groups, excluding NO2 is 1. The third kappa shape index (κ3) is 6.72. The van der Waals surface area contributed by atoms with Crippen LogP contribution in [-0.2, 0) is 22.6 Å². The standard InChI is InChI=1S/C45H48FN5O3/c46-35-26-39(40-29-50(51(54)42(40)27-35)41-16-17-43(52)47-45(41)53)33-20-22-48(23-21-33)28-30-18-24-49(25-19-30)36-13-10-34(11-14-36)44-37-9-5-4-8-32(37)12-15-38(44)31-6-2-1-3-7-31/h1-11,13-14,26-27,30,33,38,41,44H,12,15-25,28-29H2/p+1. The minimum Gasteiger partial charge on any atom is -0.372 e. The zero-order valence-corrected chi connectivity index (χ0v) is 30.8. The van der Waals surface area contributed by atoms with Gasteiger partial charge in [0.05, 0.1) is 16.5 Å². The molecule has 2 amide bonds. The molecular formula is C45H49FN5O3+. The Kier molecular flexibility index (Phi) is 9.51. The van der Waals surface area contributed by atoms with Crippen molar-refractivity contribution in [2.24, 2.45) is 5.92 Å². The molecular weight excluding hydrogens is 678 g/mol. The number of carbonyl (C=O) groups is 2. The van der Waals surface area contributed by atoms with E-state index in [1.54, 1.807) is 6.07 Å². The normalized spacial score (nSPS) is 24.0. The first-order valence-corrected chi connectivity index (χ1v) is 20.0. The molecule has 1 N–H and O–H groups in total. The number of carbonyl (C=O) groups excluding carboxylic acids is 2. The minimum absolute atomic E-state index is 0.163. The Morgan fingerprint density at radius 2 is 1.48 bits per heavy atom. The number of hydrogen-bond donors (Lipinski definition) is 1. The molecule has 3 fully saturated rings. The summed E-state index contributed by atoms with van der Waals surface area (Å²) < 4.78 is 14.9. The van der Waals surface area contributed by atoms with Crippen molar-refractivity contribution in [1.82, 2.24) is 15.2 Å². The summed E-state index contributed by atoms with van der Waals surface area (Å²) in [6, 6.07) is 31.7. The highest BCUT2D eigenvalue weighted by atomic mass is 19.1. The second kappa shape index (κ2) is 14.7. The average molecular weight is 727 g/mol. The number of aryl methyl sites for hydroxylation is 1. The highest BCUT2D eigenvalue weighted by Gasteiger charge is 2.47. The summed E-state index contributed by atoms with van der Waals surface area (Å²) in [5.41, 5.74) is 9.09. The Balaban J connectivity index is 0.801. The van der Waals surface area contributed by atoms with Gasteiger partial charge in [-0.05, 0) is 122 Å². The van der Waals surface area contributed by atoms with Gasteiger partial charge in [-0.3, -0.25) is 14.9 Å². The molecule has 8 nitrogen and oxygen atoms in total. The van der Waals surface area contributed by atoms with Gasteiger partial charge in [-0.25, -0.2) is 4.39 Å². The number of benzene rings is 4. The van der Waals surface area contributed by atoms with Crippen molar-refractivity contribution in [3.63, 3.8) is 0 Å². The van der Waals surface area contributed by atoms with Crippen molar-refractivity contribution in [2.45, 2.75) is 81.7 Å². The molecule has 278 valence electrons. The molecule has 1 aliphatic carbocycles. The fourth-order valence-electron chi connectivity index (χ4n) is 10.2. The zero-order chi connectivity index (χ0) is 36.8. The third-order valence-electron chi connectivity index (χ3n) is 13.1. The number of nitrogens with zero attached hydrogens (tertiary/aromatic N) is 4. The summed E-state index contributed by atoms with van der Waals surface area (Å²) in [6.45, 7) is 5.35. The quantitative estimate of drug-likeness (QED) is 0.155. The summed E-state index contributed by atoms with van der Waals surface area (Å²) in [4.78, 5) is 43.3. The van der Waals surface area contributed by atoms with Gasteiger partial charge < -0.3 is 9.80 Å². The Morgan fingerprint density at radius 1 is 0.741 bits per heavy atom. The number of fused-ring (bicyclic) bond motifs is 2. The van der Waals surface area contributed by atoms with Gasteiger partial charge in [0, 0.05) is 37.7 Å². The van der Waals surface area contributed by atoms with Gasteiger partial charge in [-0.15, -0.1) is 5.01 Å². The number of halogens is 1. The van der Waals surface area contributed by atoms with Crippen LogP contribution < -0.4 is 10.2 Å². The molecule has 4 aromatic carbocycles. The van der Waals surface area contributed by atoms with E-state index in [-0.39, 0.29) is 36.9 Å². The third-order valence-corrected chi connectivity index (χ3v) is 13.1. The highest BCUT2D eigenvalue weighted by molar-refractivity contribution is 6.00. The molecule has 3 atom stereocenters. The van der Waals surface area contributed by atoms with E-state index in [2.05, 4.69) is 94.0 Å². The summed E-state index contributed by atoms with van der Waals surface area (Å²) in [7, 11) is 0. The van der Waals surface area contributed by atoms with E-state index in [0.29, 0.717) is 22.6 Å². The lowest BCUT2D eigenvalue weighted by Crippen LogP contribution is -2.52. The average Bonchev–Trinajstić information content (AvgIpc) is 3.53. The van der Waals surface area contributed by atoms with E-state index in [0.717, 1.165) is 69.5 Å². The molecule has 0 aromatic heterocycles. The number of hydrogen-bond acceptors (Lipinski definition) is 5. The maximum atomic E-state index is 14.9. The SMILES string of the molecule is O=C1CCC(N2Cc3c(C4CCN(CC5CCN(c6ccc(C7c8ccccc8CCC7c7ccccc7)cc6)CC5)CC4)cc(F)cc3[N+]2=O)C(=O)N1. The van der Waals surface area contributed by atoms with Gasteiger partial charge in [0.15, 0.2) is 10.9 Å². The lowest BCUT2D eigenvalue weighted by Gasteiger charge is -2.39. The number of piperidine rings is 3. The molecule has 9 rings (SSSR count). The summed E-state index contributed by atoms with van der Waals surface area (Å²) in [6.07, 6.45) is 6.92. The maximum absolute atomic E-state index is 14.9. The van der Waals surface area contributed by atoms with Crippen molar-refractivity contribution in [3.8, 4) is 0 Å². The van der Waals surface area contributed by atoms with E-state index in [4.69, 9.17) is 0 Å². The first-order valence-electron chi connectivity index (χ1n) is 20.0. The predicted octanol–water partition coefficient (Wildman–Crippen LogP) is 7.73. The lowest BCUT2D eigenvalue weighted by molar-refractivity contribution is -0.640. The van der Waals surface area contributed by atoms with Crippen LogP contribution in [0.3, 0.4) is 0 Å². The number of amides is 2. The topological polar surface area (TPSA) is 76.0 Å². The molecule has 9 heteroatoms. The Labute approximate surface area is 316 Å². The van der Waals surface area contributed by atoms with Gasteiger partial charge in [0.25, 0.3) is 5.91 Å². The van der Waals surface area contributed by atoms with Gasteiger partial charge >= 0.3 is 5.69 Å². The fourth-order valence-corrected chi connectivity index (χ4v) is 10.2. The van der Waals surface area contributed by atoms with Gasteiger partial charge in [-0.2, -0.15) is 0 Å². The molecule has 3 unspecified atom stereocenters. The van der Waals surface area contributed by atoms with Crippen molar-refractivity contribution >= 4 is 23.2 Å². The van der Waals surface area contributed by atoms with Crippen LogP contribution in [0.5, 0.6) is 0 Å². The van der Waals surface area contributed by atoms with Crippen LogP contribution in [0.2, 0.25) is 0 Å². The summed E-state index contributed by atoms with van der Waals surface area (Å²) in [5.74, 6) is 0.440. The number of anilines is 1. The Hall–Kier alpha value is -4.89. The molecule has 4 heterocycles. The van der Waals surface area contributed by atoms with Gasteiger partial charge in [0.1, 0.15) is 12.4 Å². The van der Waals surface area contributed by atoms with Gasteiger partial charge in [-0.1, -0.05) is 66.7 Å². The van der Waals surface area contributed by atoms with Crippen molar-refractivity contribution in [3.05, 3.63) is 135 Å². The zero-order valence-electron chi connectivity index (χ0n) is 30.8. The van der Waals surface area contributed by atoms with E-state index < -0.39 is 17.8 Å². The molecule has 0 radical (unpaired) electrons. The second-order valence-corrected chi connectivity index (χ2v) is 16.2. The molecule has 4 aromatic rings. The number of nitrogens with one attached hydrogen (secondary N) is 1. The molecule has 5 aliphatic rings. The number of rotatable bonds is 7. The molecule has 4 aliphatic heterocycles. The van der Waals surface area contributed by atoms with E-state index >= 15 is 0 Å². The number of hydrazine groups is 1. The minimum atomic E-state index is -0.733. The molecule has 0 saturated carbocycles. The van der Waals surface area contributed by atoms with Crippen LogP contribution >= 0.6 is 0 Å². The molecule has 0 bridgehead atoms. The molecule has 54 heavy (non-hydrogen) atoms. The van der Waals surface area contributed by atoms with E-state index in [9.17, 15) is 18.9 Å². The Bertz CT molecular complexity index is 2040. The van der Waals surface area contributed by atoms with E-state index in [1.807, 2.05) is 0 Å². The molecule has 0 spiro atoms. The van der Waals surface area contributed by atoms with Crippen molar-refractivity contribution < 1.29 is 18.8 Å². The van der Waals surface area contributed by atoms with Crippen LogP contribution in [0, 0.1) is 16.6 Å². The largest absolute Gasteiger partial charge is 0.372 e. The fraction of sp³-hybridized carbons (Fsp3) is 0.422. The van der Waals surface area contributed by atoms with Crippen LogP contribution in [0.25, 0.3) is 0 Å². The van der Waals surface area contributed by atoms with Gasteiger partial charge in [0.2, 0.25) is 5.91 Å².